The van der Waals surface area contributed by atoms with E-state index in [4.69, 9.17) is 11.3 Å². The third kappa shape index (κ3) is 4.44. The lowest BCUT2D eigenvalue weighted by molar-refractivity contribution is -0.120. The molecule has 0 aliphatic carbocycles. The van der Waals surface area contributed by atoms with Gasteiger partial charge in [-0.3, -0.25) is 4.79 Å². The van der Waals surface area contributed by atoms with E-state index in [2.05, 4.69) is 31.3 Å². The van der Waals surface area contributed by atoms with Gasteiger partial charge in [0.25, 0.3) is 0 Å². The number of rotatable bonds is 6. The van der Waals surface area contributed by atoms with Crippen LogP contribution in [-0.4, -0.2) is 19.0 Å². The molecule has 0 heterocycles. The van der Waals surface area contributed by atoms with Gasteiger partial charge in [0.15, 0.2) is 0 Å². The van der Waals surface area contributed by atoms with Crippen molar-refractivity contribution in [1.29, 1.82) is 0 Å². The molecule has 17 heavy (non-hydrogen) atoms. The zero-order valence-corrected chi connectivity index (χ0v) is 10.6. The monoisotopic (exact) mass is 297 g/mol. The van der Waals surface area contributed by atoms with E-state index in [1.54, 1.807) is 12.1 Å². The Bertz CT molecular complexity index is 427. The van der Waals surface area contributed by atoms with Crippen LogP contribution in [0.5, 0.6) is 0 Å². The highest BCUT2D eigenvalue weighted by atomic mass is 79.9. The average molecular weight is 298 g/mol. The van der Waals surface area contributed by atoms with Gasteiger partial charge in [-0.15, -0.1) is 0 Å². The zero-order chi connectivity index (χ0) is 12.7. The second-order valence-electron chi connectivity index (χ2n) is 3.30. The number of benzene rings is 1. The van der Waals surface area contributed by atoms with Crippen LogP contribution in [0.1, 0.15) is 11.6 Å². The lowest BCUT2D eigenvalue weighted by Crippen LogP contribution is -2.34. The molecule has 1 amide bonds. The van der Waals surface area contributed by atoms with Crippen molar-refractivity contribution in [1.82, 2.24) is 5.32 Å². The van der Waals surface area contributed by atoms with Crippen molar-refractivity contribution >= 4 is 21.8 Å². The molecule has 0 saturated heterocycles. The van der Waals surface area contributed by atoms with Crippen LogP contribution in [0, 0.1) is 0 Å². The van der Waals surface area contributed by atoms with E-state index in [-0.39, 0.29) is 6.54 Å². The van der Waals surface area contributed by atoms with Crippen LogP contribution in [0.15, 0.2) is 33.9 Å². The number of carbonyl (C=O) groups is 1. The van der Waals surface area contributed by atoms with Gasteiger partial charge in [0.05, 0.1) is 0 Å². The third-order valence-electron chi connectivity index (χ3n) is 2.11. The van der Waals surface area contributed by atoms with Crippen LogP contribution >= 0.6 is 15.9 Å². The fourth-order valence-corrected chi connectivity index (χ4v) is 1.61. The smallest absolute Gasteiger partial charge is 0.239 e. The van der Waals surface area contributed by atoms with Crippen molar-refractivity contribution in [2.75, 3.05) is 13.1 Å². The molecular weight excluding hydrogens is 286 g/mol. The second-order valence-corrected chi connectivity index (χ2v) is 4.21. The topological polar surface area (TPSA) is 104 Å². The molecule has 1 atom stereocenters. The lowest BCUT2D eigenvalue weighted by Gasteiger charge is -2.15. The van der Waals surface area contributed by atoms with E-state index in [1.165, 1.54) is 0 Å². The molecule has 0 radical (unpaired) electrons. The minimum absolute atomic E-state index is 0.275. The third-order valence-corrected chi connectivity index (χ3v) is 2.64. The van der Waals surface area contributed by atoms with Crippen molar-refractivity contribution in [3.05, 3.63) is 44.7 Å². The molecule has 6 nitrogen and oxygen atoms in total. The van der Waals surface area contributed by atoms with E-state index in [9.17, 15) is 4.79 Å². The van der Waals surface area contributed by atoms with Crippen LogP contribution in [0.25, 0.3) is 10.4 Å². The zero-order valence-electron chi connectivity index (χ0n) is 9.01. The maximum atomic E-state index is 11.3. The summed E-state index contributed by atoms with van der Waals surface area (Å²) in [6.45, 7) is 0.671. The van der Waals surface area contributed by atoms with Crippen molar-refractivity contribution in [3.63, 3.8) is 0 Å². The van der Waals surface area contributed by atoms with Gasteiger partial charge in [-0.1, -0.05) is 33.2 Å². The number of carbonyl (C=O) groups excluding carboxylic acids is 1. The maximum absolute atomic E-state index is 11.3. The second kappa shape index (κ2) is 6.90. The summed E-state index contributed by atoms with van der Waals surface area (Å²) in [5, 5.41) is 6.30. The highest BCUT2D eigenvalue weighted by Gasteiger charge is 2.16. The quantitative estimate of drug-likeness (QED) is 0.362. The summed E-state index contributed by atoms with van der Waals surface area (Å²) in [5.41, 5.74) is 14.2. The molecule has 90 valence electrons. The van der Waals surface area contributed by atoms with Gasteiger partial charge in [0.2, 0.25) is 5.91 Å². The molecule has 1 aromatic carbocycles. The SMILES string of the molecule is [N-]=[N+]=NCCNC(C(N)=O)c1ccc(Br)cc1. The molecule has 0 aromatic heterocycles. The van der Waals surface area contributed by atoms with Crippen LogP contribution in [0.3, 0.4) is 0 Å². The molecule has 0 bridgehead atoms. The van der Waals surface area contributed by atoms with Crippen molar-refractivity contribution in [2.24, 2.45) is 10.8 Å². The predicted molar refractivity (Wildman–Crippen MR) is 68.1 cm³/mol. The highest BCUT2D eigenvalue weighted by molar-refractivity contribution is 9.10. The summed E-state index contributed by atoms with van der Waals surface area (Å²) in [7, 11) is 0. The van der Waals surface area contributed by atoms with E-state index in [0.717, 1.165) is 10.0 Å². The number of nitrogens with two attached hydrogens (primary N) is 1. The Labute approximate surface area is 107 Å². The largest absolute Gasteiger partial charge is 0.368 e. The van der Waals surface area contributed by atoms with Gasteiger partial charge < -0.3 is 11.1 Å². The maximum Gasteiger partial charge on any atom is 0.239 e. The molecule has 1 unspecified atom stereocenters. The summed E-state index contributed by atoms with van der Waals surface area (Å²) >= 11 is 3.31. The van der Waals surface area contributed by atoms with Gasteiger partial charge in [-0.05, 0) is 23.2 Å². The number of primary amides is 1. The van der Waals surface area contributed by atoms with E-state index < -0.39 is 11.9 Å². The van der Waals surface area contributed by atoms with Gasteiger partial charge in [-0.2, -0.15) is 0 Å². The molecule has 0 aliphatic rings. The first kappa shape index (κ1) is 13.5. The molecule has 3 N–H and O–H groups in total. The molecule has 0 saturated carbocycles. The number of nitrogens with one attached hydrogen (secondary N) is 1. The Morgan fingerprint density at radius 3 is 2.71 bits per heavy atom. The minimum atomic E-state index is -0.572. The first-order chi connectivity index (χ1) is 8.15. The van der Waals surface area contributed by atoms with E-state index in [1.807, 2.05) is 12.1 Å². The Kier molecular flexibility index (Phi) is 5.48. The van der Waals surface area contributed by atoms with Crippen LogP contribution in [0.2, 0.25) is 0 Å². The van der Waals surface area contributed by atoms with Gasteiger partial charge in [0.1, 0.15) is 6.04 Å². The summed E-state index contributed by atoms with van der Waals surface area (Å²) in [6.07, 6.45) is 0. The average Bonchev–Trinajstić information content (AvgIpc) is 2.30. The summed E-state index contributed by atoms with van der Waals surface area (Å²) in [6, 6.07) is 6.71. The minimum Gasteiger partial charge on any atom is -0.368 e. The van der Waals surface area contributed by atoms with E-state index in [0.29, 0.717) is 6.54 Å². The van der Waals surface area contributed by atoms with Gasteiger partial charge in [-0.25, -0.2) is 0 Å². The molecule has 1 rings (SSSR count). The molecule has 7 heteroatoms. The number of azide groups is 1. The molecule has 0 aliphatic heterocycles. The highest BCUT2D eigenvalue weighted by Crippen LogP contribution is 2.16. The van der Waals surface area contributed by atoms with Gasteiger partial charge in [0, 0.05) is 22.5 Å². The summed E-state index contributed by atoms with van der Waals surface area (Å²) in [5.74, 6) is -0.465. The van der Waals surface area contributed by atoms with Gasteiger partial charge >= 0.3 is 0 Å². The predicted octanol–water partition coefficient (Wildman–Crippen LogP) is 1.88. The van der Waals surface area contributed by atoms with Crippen LogP contribution in [-0.2, 0) is 4.79 Å². The van der Waals surface area contributed by atoms with Crippen molar-refractivity contribution in [3.8, 4) is 0 Å². The first-order valence-electron chi connectivity index (χ1n) is 4.94. The molecule has 0 spiro atoms. The Hall–Kier alpha value is -1.56. The molecule has 0 fully saturated rings. The fourth-order valence-electron chi connectivity index (χ4n) is 1.34. The lowest BCUT2D eigenvalue weighted by atomic mass is 10.1. The number of nitrogens with zero attached hydrogens (tertiary/aromatic N) is 3. The molecule has 1 aromatic rings. The van der Waals surface area contributed by atoms with Crippen LogP contribution < -0.4 is 11.1 Å². The number of hydrogen-bond acceptors (Lipinski definition) is 3. The number of halogens is 1. The Morgan fingerprint density at radius 2 is 2.18 bits per heavy atom. The standard InChI is InChI=1S/C10H12BrN5O/c11-8-3-1-7(2-4-8)9(10(12)17)14-5-6-15-16-13/h1-4,9,14H,5-6H2,(H2,12,17). The van der Waals surface area contributed by atoms with Crippen molar-refractivity contribution < 1.29 is 4.79 Å². The normalized spacial score (nSPS) is 11.6. The van der Waals surface area contributed by atoms with Crippen molar-refractivity contribution in [2.45, 2.75) is 6.04 Å². The summed E-state index contributed by atoms with van der Waals surface area (Å²) in [4.78, 5) is 13.9. The van der Waals surface area contributed by atoms with E-state index >= 15 is 0 Å². The van der Waals surface area contributed by atoms with Crippen LogP contribution in [0.4, 0.5) is 0 Å². The Morgan fingerprint density at radius 1 is 1.53 bits per heavy atom. The number of amides is 1. The Balaban J connectivity index is 2.68. The molecular formula is C10H12BrN5O. The number of hydrogen-bond donors (Lipinski definition) is 2. The first-order valence-corrected chi connectivity index (χ1v) is 5.73. The fraction of sp³-hybridized carbons (Fsp3) is 0.300. The summed E-state index contributed by atoms with van der Waals surface area (Å²) < 4.78 is 0.929.